The first kappa shape index (κ1) is 17.2. The molecule has 5 heteroatoms. The standard InChI is InChI=1S/C16H31NO4/c1-5-14(18,6-2)9-21-16(7-3,8-4)15-10-19-12-17(15)13-20-11-15/h18H,5-13H2,1-4H3. The highest BCUT2D eigenvalue weighted by Gasteiger charge is 2.60. The average Bonchev–Trinajstić information content (AvgIpc) is 3.09. The van der Waals surface area contributed by atoms with Gasteiger partial charge >= 0.3 is 0 Å². The number of ether oxygens (including phenoxy) is 3. The molecule has 0 amide bonds. The van der Waals surface area contributed by atoms with E-state index in [-0.39, 0.29) is 11.1 Å². The molecule has 2 heterocycles. The van der Waals surface area contributed by atoms with Crippen LogP contribution in [-0.4, -0.2) is 60.0 Å². The van der Waals surface area contributed by atoms with Crippen molar-refractivity contribution in [3.8, 4) is 0 Å². The summed E-state index contributed by atoms with van der Waals surface area (Å²) in [6.07, 6.45) is 3.18. The van der Waals surface area contributed by atoms with Crippen LogP contribution in [-0.2, 0) is 14.2 Å². The summed E-state index contributed by atoms with van der Waals surface area (Å²) in [6, 6.07) is 0. The van der Waals surface area contributed by atoms with Gasteiger partial charge < -0.3 is 19.3 Å². The lowest BCUT2D eigenvalue weighted by Crippen LogP contribution is -2.64. The van der Waals surface area contributed by atoms with Gasteiger partial charge in [0.25, 0.3) is 0 Å². The Balaban J connectivity index is 2.20. The van der Waals surface area contributed by atoms with Crippen molar-refractivity contribution >= 4 is 0 Å². The summed E-state index contributed by atoms with van der Waals surface area (Å²) in [5.41, 5.74) is -1.28. The van der Waals surface area contributed by atoms with Crippen LogP contribution in [0.2, 0.25) is 0 Å². The molecule has 0 bridgehead atoms. The van der Waals surface area contributed by atoms with Crippen molar-refractivity contribution in [1.82, 2.24) is 4.90 Å². The summed E-state index contributed by atoms with van der Waals surface area (Å²) < 4.78 is 17.8. The van der Waals surface area contributed by atoms with Crippen LogP contribution in [0.15, 0.2) is 0 Å². The zero-order valence-corrected chi connectivity index (χ0v) is 14.0. The van der Waals surface area contributed by atoms with E-state index in [0.29, 0.717) is 46.1 Å². The molecular formula is C16H31NO4. The highest BCUT2D eigenvalue weighted by atomic mass is 16.6. The van der Waals surface area contributed by atoms with Gasteiger partial charge in [-0.3, -0.25) is 0 Å². The number of fused-ring (bicyclic) bond motifs is 1. The molecule has 0 aromatic rings. The molecule has 0 atom stereocenters. The van der Waals surface area contributed by atoms with E-state index in [1.54, 1.807) is 0 Å². The molecule has 2 aliphatic heterocycles. The number of nitrogens with zero attached hydrogens (tertiary/aromatic N) is 1. The number of rotatable bonds is 8. The van der Waals surface area contributed by atoms with Crippen LogP contribution in [0.3, 0.4) is 0 Å². The van der Waals surface area contributed by atoms with Crippen LogP contribution in [0.25, 0.3) is 0 Å². The summed E-state index contributed by atoms with van der Waals surface area (Å²) in [7, 11) is 0. The number of hydrogen-bond donors (Lipinski definition) is 1. The minimum absolute atomic E-state index is 0.209. The zero-order valence-electron chi connectivity index (χ0n) is 14.0. The third-order valence-corrected chi connectivity index (χ3v) is 5.70. The molecule has 1 N–H and O–H groups in total. The molecule has 0 unspecified atom stereocenters. The lowest BCUT2D eigenvalue weighted by molar-refractivity contribution is -0.172. The topological polar surface area (TPSA) is 51.2 Å². The van der Waals surface area contributed by atoms with Gasteiger partial charge in [0.15, 0.2) is 0 Å². The van der Waals surface area contributed by atoms with E-state index in [1.165, 1.54) is 0 Å². The van der Waals surface area contributed by atoms with E-state index in [2.05, 4.69) is 18.7 Å². The Hall–Kier alpha value is -0.200. The maximum Gasteiger partial charge on any atom is 0.102 e. The Morgan fingerprint density at radius 2 is 1.52 bits per heavy atom. The van der Waals surface area contributed by atoms with E-state index in [0.717, 1.165) is 12.8 Å². The first-order valence-electron chi connectivity index (χ1n) is 8.28. The molecule has 0 aliphatic carbocycles. The lowest BCUT2D eigenvalue weighted by atomic mass is 9.76. The van der Waals surface area contributed by atoms with Crippen LogP contribution in [0, 0.1) is 0 Å². The fourth-order valence-corrected chi connectivity index (χ4v) is 3.68. The quantitative estimate of drug-likeness (QED) is 0.744. The van der Waals surface area contributed by atoms with Gasteiger partial charge in [0.05, 0.1) is 31.0 Å². The van der Waals surface area contributed by atoms with E-state index in [4.69, 9.17) is 14.2 Å². The van der Waals surface area contributed by atoms with E-state index >= 15 is 0 Å². The molecule has 0 aromatic heterocycles. The van der Waals surface area contributed by atoms with E-state index in [1.807, 2.05) is 13.8 Å². The van der Waals surface area contributed by atoms with Crippen molar-refractivity contribution in [3.05, 3.63) is 0 Å². The number of aliphatic hydroxyl groups is 1. The van der Waals surface area contributed by atoms with Crippen molar-refractivity contribution in [2.45, 2.75) is 70.1 Å². The molecule has 2 aliphatic rings. The maximum atomic E-state index is 10.6. The van der Waals surface area contributed by atoms with Gasteiger partial charge in [-0.05, 0) is 25.7 Å². The molecule has 0 spiro atoms. The number of hydrogen-bond acceptors (Lipinski definition) is 5. The smallest absolute Gasteiger partial charge is 0.102 e. The van der Waals surface area contributed by atoms with Crippen molar-refractivity contribution in [2.24, 2.45) is 0 Å². The van der Waals surface area contributed by atoms with E-state index < -0.39 is 5.60 Å². The van der Waals surface area contributed by atoms with Crippen molar-refractivity contribution in [2.75, 3.05) is 33.3 Å². The van der Waals surface area contributed by atoms with Gasteiger partial charge in [0.1, 0.15) is 19.0 Å². The third-order valence-electron chi connectivity index (χ3n) is 5.70. The maximum absolute atomic E-state index is 10.6. The van der Waals surface area contributed by atoms with Crippen molar-refractivity contribution < 1.29 is 19.3 Å². The molecule has 0 radical (unpaired) electrons. The Bertz CT molecular complexity index is 329. The largest absolute Gasteiger partial charge is 0.388 e. The minimum Gasteiger partial charge on any atom is -0.388 e. The Kier molecular flexibility index (Phi) is 5.31. The SMILES string of the molecule is CCC(O)(CC)COC(CC)(CC)C12COCN1COC2. The molecule has 0 saturated carbocycles. The minimum atomic E-state index is -0.740. The first-order valence-corrected chi connectivity index (χ1v) is 8.28. The van der Waals surface area contributed by atoms with Crippen LogP contribution < -0.4 is 0 Å². The fraction of sp³-hybridized carbons (Fsp3) is 1.00. The second-order valence-corrected chi connectivity index (χ2v) is 6.45. The molecule has 0 aromatic carbocycles. The highest BCUT2D eigenvalue weighted by Crippen LogP contribution is 2.44. The van der Waals surface area contributed by atoms with Crippen LogP contribution in [0.5, 0.6) is 0 Å². The normalized spacial score (nSPS) is 22.7. The van der Waals surface area contributed by atoms with E-state index in [9.17, 15) is 5.11 Å². The first-order chi connectivity index (χ1) is 10.0. The summed E-state index contributed by atoms with van der Waals surface area (Å²) in [5, 5.41) is 10.6. The molecular weight excluding hydrogens is 270 g/mol. The average molecular weight is 301 g/mol. The highest BCUT2D eigenvalue weighted by molar-refractivity contribution is 5.11. The van der Waals surface area contributed by atoms with Crippen LogP contribution in [0.1, 0.15) is 53.4 Å². The van der Waals surface area contributed by atoms with Crippen molar-refractivity contribution in [1.29, 1.82) is 0 Å². The Morgan fingerprint density at radius 3 is 1.95 bits per heavy atom. The second kappa shape index (κ2) is 6.50. The van der Waals surface area contributed by atoms with Crippen LogP contribution >= 0.6 is 0 Å². The second-order valence-electron chi connectivity index (χ2n) is 6.45. The summed E-state index contributed by atoms with van der Waals surface area (Å²) in [5.74, 6) is 0. The Morgan fingerprint density at radius 1 is 1.00 bits per heavy atom. The van der Waals surface area contributed by atoms with Gasteiger partial charge in [-0.2, -0.15) is 0 Å². The van der Waals surface area contributed by atoms with Gasteiger partial charge in [-0.15, -0.1) is 0 Å². The molecule has 2 fully saturated rings. The monoisotopic (exact) mass is 301 g/mol. The van der Waals surface area contributed by atoms with Gasteiger partial charge in [0.2, 0.25) is 0 Å². The summed E-state index contributed by atoms with van der Waals surface area (Å²) in [4.78, 5) is 2.25. The molecule has 124 valence electrons. The lowest BCUT2D eigenvalue weighted by Gasteiger charge is -2.48. The Labute approximate surface area is 128 Å². The van der Waals surface area contributed by atoms with Gasteiger partial charge in [-0.1, -0.05) is 27.7 Å². The molecule has 21 heavy (non-hydrogen) atoms. The van der Waals surface area contributed by atoms with Crippen molar-refractivity contribution in [3.63, 3.8) is 0 Å². The predicted octanol–water partition coefficient (Wildman–Crippen LogP) is 2.13. The molecule has 5 nitrogen and oxygen atoms in total. The molecule has 2 rings (SSSR count). The van der Waals surface area contributed by atoms with Crippen LogP contribution in [0.4, 0.5) is 0 Å². The molecule has 2 saturated heterocycles. The summed E-state index contributed by atoms with van der Waals surface area (Å²) >= 11 is 0. The zero-order chi connectivity index (χ0) is 15.6. The summed E-state index contributed by atoms with van der Waals surface area (Å²) in [6.45, 7) is 11.2. The third kappa shape index (κ3) is 2.75. The fourth-order valence-electron chi connectivity index (χ4n) is 3.68. The van der Waals surface area contributed by atoms with Gasteiger partial charge in [0, 0.05) is 0 Å². The van der Waals surface area contributed by atoms with Gasteiger partial charge in [-0.25, -0.2) is 4.90 Å². The predicted molar refractivity (Wildman–Crippen MR) is 81.0 cm³/mol.